The van der Waals surface area contributed by atoms with Crippen molar-refractivity contribution >= 4 is 38.7 Å². The van der Waals surface area contributed by atoms with Crippen LogP contribution < -0.4 is 15.0 Å². The normalized spacial score (nSPS) is 12.3. The molecule has 36 heavy (non-hydrogen) atoms. The minimum Gasteiger partial charge on any atom is -0.490 e. The zero-order valence-corrected chi connectivity index (χ0v) is 23.2. The van der Waals surface area contributed by atoms with Gasteiger partial charge in [0, 0.05) is 21.5 Å². The molecule has 0 spiro atoms. The van der Waals surface area contributed by atoms with Gasteiger partial charge in [0.1, 0.15) is 5.82 Å². The Labute approximate surface area is 218 Å². The van der Waals surface area contributed by atoms with E-state index < -0.39 is 10.3 Å². The molecule has 0 amide bonds. The number of ether oxygens (including phenoxy) is 2. The van der Waals surface area contributed by atoms with E-state index in [1.54, 1.807) is 25.1 Å². The van der Waals surface area contributed by atoms with E-state index in [0.717, 1.165) is 4.47 Å². The molecule has 0 aliphatic rings. The van der Waals surface area contributed by atoms with E-state index in [-0.39, 0.29) is 34.8 Å². The lowest BCUT2D eigenvalue weighted by atomic mass is 9.95. The maximum Gasteiger partial charge on any atom is 0.315 e. The molecule has 0 aliphatic heterocycles. The number of aromatic nitrogens is 2. The molecule has 10 heteroatoms. The van der Waals surface area contributed by atoms with Crippen molar-refractivity contribution in [3.05, 3.63) is 66.7 Å². The number of hydrogen-bond acceptors (Lipinski definition) is 7. The van der Waals surface area contributed by atoms with E-state index in [0.29, 0.717) is 28.9 Å². The lowest BCUT2D eigenvalue weighted by Gasteiger charge is -2.21. The fraction of sp³-hybridized carbons (Fsp3) is 0.423. The van der Waals surface area contributed by atoms with E-state index in [1.165, 1.54) is 17.0 Å². The third-order valence-corrected chi connectivity index (χ3v) is 5.50. The van der Waals surface area contributed by atoms with Crippen LogP contribution in [0.1, 0.15) is 59.9 Å². The summed E-state index contributed by atoms with van der Waals surface area (Å²) < 4.78 is 13.5. The Morgan fingerprint density at radius 1 is 1.14 bits per heavy atom. The molecule has 1 heterocycles. The van der Waals surface area contributed by atoms with Crippen molar-refractivity contribution in [2.75, 3.05) is 13.2 Å². The molecule has 192 valence electrons. The van der Waals surface area contributed by atoms with Crippen LogP contribution in [0.5, 0.6) is 11.5 Å². The van der Waals surface area contributed by atoms with Crippen LogP contribution in [0.2, 0.25) is 0 Å². The van der Waals surface area contributed by atoms with Gasteiger partial charge in [-0.15, -0.1) is 0 Å². The van der Waals surface area contributed by atoms with Crippen LogP contribution in [-0.4, -0.2) is 34.0 Å². The van der Waals surface area contributed by atoms with Crippen molar-refractivity contribution in [2.45, 2.75) is 53.9 Å². The highest BCUT2D eigenvalue weighted by Gasteiger charge is 2.25. The summed E-state index contributed by atoms with van der Waals surface area (Å²) in [6.07, 6.45) is 1.39. The zero-order valence-electron chi connectivity index (χ0n) is 21.6. The minimum absolute atomic E-state index is 0.0682. The second kappa shape index (κ2) is 10.4. The number of benzene rings is 2. The molecule has 0 N–H and O–H groups in total. The molecule has 0 atom stereocenters. The molecule has 0 saturated heterocycles. The van der Waals surface area contributed by atoms with Crippen LogP contribution in [0.15, 0.2) is 44.7 Å². The summed E-state index contributed by atoms with van der Waals surface area (Å²) in [6, 6.07) is 8.27. The smallest absolute Gasteiger partial charge is 0.315 e. The number of nitrogens with zero attached hydrogens (tertiary/aromatic N) is 4. The Morgan fingerprint density at radius 3 is 2.42 bits per heavy atom. The summed E-state index contributed by atoms with van der Waals surface area (Å²) in [7, 11) is 0. The molecular formula is C26H31BrN4O5. The molecule has 3 aromatic rings. The van der Waals surface area contributed by atoms with Crippen molar-refractivity contribution in [1.82, 2.24) is 9.66 Å². The number of fused-ring (bicyclic) bond motifs is 1. The van der Waals surface area contributed by atoms with Gasteiger partial charge in [0.2, 0.25) is 5.75 Å². The van der Waals surface area contributed by atoms with Crippen molar-refractivity contribution in [2.24, 2.45) is 10.5 Å². The van der Waals surface area contributed by atoms with Gasteiger partial charge < -0.3 is 9.47 Å². The molecule has 9 nitrogen and oxygen atoms in total. The number of nitro groups is 1. The molecule has 1 aromatic heterocycles. The second-order valence-electron chi connectivity index (χ2n) is 10.6. The zero-order chi connectivity index (χ0) is 26.8. The van der Waals surface area contributed by atoms with Gasteiger partial charge in [-0.25, -0.2) is 4.98 Å². The lowest BCUT2D eigenvalue weighted by molar-refractivity contribution is -0.386. The van der Waals surface area contributed by atoms with E-state index in [1.807, 2.05) is 47.6 Å². The van der Waals surface area contributed by atoms with Gasteiger partial charge in [0.15, 0.2) is 5.75 Å². The third-order valence-electron chi connectivity index (χ3n) is 5.01. The first-order valence-electron chi connectivity index (χ1n) is 11.6. The summed E-state index contributed by atoms with van der Waals surface area (Å²) >= 11 is 3.40. The molecule has 0 saturated carbocycles. The SMILES string of the molecule is CCOc1cc(C=Nn2c(C(C)(C)C)nc3ccc(Br)cc3c2=O)cc([N+](=O)[O-])c1OCC(C)(C)C. The fourth-order valence-corrected chi connectivity index (χ4v) is 3.74. The van der Waals surface area contributed by atoms with E-state index in [4.69, 9.17) is 14.5 Å². The van der Waals surface area contributed by atoms with E-state index >= 15 is 0 Å². The van der Waals surface area contributed by atoms with Gasteiger partial charge in [-0.3, -0.25) is 14.9 Å². The van der Waals surface area contributed by atoms with Gasteiger partial charge in [0.05, 0.1) is 35.3 Å². The molecular weight excluding hydrogens is 528 g/mol. The van der Waals surface area contributed by atoms with Crippen LogP contribution in [0.4, 0.5) is 5.69 Å². The summed E-state index contributed by atoms with van der Waals surface area (Å²) in [5.74, 6) is 0.767. The highest BCUT2D eigenvalue weighted by molar-refractivity contribution is 9.10. The maximum absolute atomic E-state index is 13.4. The van der Waals surface area contributed by atoms with Gasteiger partial charge in [-0.05, 0) is 36.6 Å². The Hall–Kier alpha value is -3.27. The average molecular weight is 559 g/mol. The largest absolute Gasteiger partial charge is 0.490 e. The van der Waals surface area contributed by atoms with Crippen LogP contribution >= 0.6 is 15.9 Å². The van der Waals surface area contributed by atoms with Gasteiger partial charge in [-0.1, -0.05) is 57.5 Å². The van der Waals surface area contributed by atoms with Crippen LogP contribution in [0.3, 0.4) is 0 Å². The predicted molar refractivity (Wildman–Crippen MR) is 145 cm³/mol. The van der Waals surface area contributed by atoms with Crippen LogP contribution in [0, 0.1) is 15.5 Å². The Bertz CT molecular complexity index is 1380. The monoisotopic (exact) mass is 558 g/mol. The Balaban J connectivity index is 2.18. The molecule has 0 unspecified atom stereocenters. The number of nitro benzene ring substituents is 1. The first-order chi connectivity index (χ1) is 16.7. The summed E-state index contributed by atoms with van der Waals surface area (Å²) in [5, 5.41) is 16.7. The molecule has 2 aromatic carbocycles. The Kier molecular flexibility index (Phi) is 7.88. The fourth-order valence-electron chi connectivity index (χ4n) is 3.38. The van der Waals surface area contributed by atoms with Crippen LogP contribution in [-0.2, 0) is 5.41 Å². The van der Waals surface area contributed by atoms with Crippen molar-refractivity contribution in [3.8, 4) is 11.5 Å². The molecule has 0 fully saturated rings. The van der Waals surface area contributed by atoms with Gasteiger partial charge in [-0.2, -0.15) is 9.78 Å². The third kappa shape index (κ3) is 6.29. The first-order valence-corrected chi connectivity index (χ1v) is 12.4. The number of hydrogen-bond donors (Lipinski definition) is 0. The summed E-state index contributed by atoms with van der Waals surface area (Å²) in [6.45, 7) is 14.1. The Morgan fingerprint density at radius 2 is 1.83 bits per heavy atom. The number of halogens is 1. The van der Waals surface area contributed by atoms with Crippen LogP contribution in [0.25, 0.3) is 10.9 Å². The van der Waals surface area contributed by atoms with Crippen molar-refractivity contribution in [1.29, 1.82) is 0 Å². The minimum atomic E-state index is -0.514. The topological polar surface area (TPSA) is 109 Å². The summed E-state index contributed by atoms with van der Waals surface area (Å²) in [4.78, 5) is 29.5. The standard InChI is InChI=1S/C26H31BrN4O5/c1-8-35-21-12-16(11-20(31(33)34)22(21)36-15-25(2,3)4)14-28-30-23(32)18-13-17(27)9-10-19(18)29-24(30)26(5,6)7/h9-14H,8,15H2,1-7H3. The first kappa shape index (κ1) is 27.3. The van der Waals surface area contributed by atoms with Gasteiger partial charge >= 0.3 is 5.69 Å². The molecule has 0 aliphatic carbocycles. The van der Waals surface area contributed by atoms with Crippen molar-refractivity contribution in [3.63, 3.8) is 0 Å². The highest BCUT2D eigenvalue weighted by Crippen LogP contribution is 2.39. The maximum atomic E-state index is 13.4. The quantitative estimate of drug-likeness (QED) is 0.198. The van der Waals surface area contributed by atoms with E-state index in [9.17, 15) is 14.9 Å². The van der Waals surface area contributed by atoms with E-state index in [2.05, 4.69) is 21.0 Å². The molecule has 0 bridgehead atoms. The lowest BCUT2D eigenvalue weighted by Crippen LogP contribution is -2.29. The second-order valence-corrected chi connectivity index (χ2v) is 11.5. The predicted octanol–water partition coefficient (Wildman–Crippen LogP) is 6.07. The molecule has 3 rings (SSSR count). The highest BCUT2D eigenvalue weighted by atomic mass is 79.9. The molecule has 0 radical (unpaired) electrons. The average Bonchev–Trinajstić information content (AvgIpc) is 2.76. The summed E-state index contributed by atoms with van der Waals surface area (Å²) in [5.41, 5.74) is -0.336. The van der Waals surface area contributed by atoms with Crippen molar-refractivity contribution < 1.29 is 14.4 Å². The number of rotatable bonds is 7. The van der Waals surface area contributed by atoms with Gasteiger partial charge in [0.25, 0.3) is 5.56 Å².